The molecule has 0 fully saturated rings. The van der Waals surface area contributed by atoms with E-state index in [9.17, 15) is 15.0 Å². The molecule has 0 aliphatic rings. The third kappa shape index (κ3) is 4.64. The van der Waals surface area contributed by atoms with E-state index in [0.717, 1.165) is 11.1 Å². The van der Waals surface area contributed by atoms with Gasteiger partial charge in [0.1, 0.15) is 11.9 Å². The van der Waals surface area contributed by atoms with Gasteiger partial charge in [-0.2, -0.15) is 0 Å². The van der Waals surface area contributed by atoms with Crippen LogP contribution in [0.1, 0.15) is 29.9 Å². The molecule has 0 saturated carbocycles. The standard InChI is InChI=1S/C20H23N5O3/c1-13(10-16-8-9-18(26)19(27)12-16)21-20(28)17(25-14(2)22-23-24-25)11-15-6-4-3-5-7-15/h3-9,12-13,17,26-27H,10-11H2,1-2H3,(H,21,28)/t13-,17+/m1/s1. The van der Waals surface area contributed by atoms with E-state index >= 15 is 0 Å². The van der Waals surface area contributed by atoms with Gasteiger partial charge in [0.2, 0.25) is 5.91 Å². The Balaban J connectivity index is 1.73. The highest BCUT2D eigenvalue weighted by Crippen LogP contribution is 2.25. The summed E-state index contributed by atoms with van der Waals surface area (Å²) in [5, 5.41) is 33.6. The van der Waals surface area contributed by atoms with Crippen molar-refractivity contribution in [1.29, 1.82) is 0 Å². The molecule has 2 aromatic carbocycles. The van der Waals surface area contributed by atoms with Crippen LogP contribution in [-0.2, 0) is 17.6 Å². The molecular formula is C20H23N5O3. The Kier molecular flexibility index (Phi) is 5.88. The van der Waals surface area contributed by atoms with E-state index in [4.69, 9.17) is 0 Å². The summed E-state index contributed by atoms with van der Waals surface area (Å²) in [7, 11) is 0. The van der Waals surface area contributed by atoms with E-state index < -0.39 is 6.04 Å². The Hall–Kier alpha value is -3.42. The number of hydrogen-bond donors (Lipinski definition) is 3. The van der Waals surface area contributed by atoms with Crippen LogP contribution in [0.4, 0.5) is 0 Å². The van der Waals surface area contributed by atoms with Gasteiger partial charge in [0.05, 0.1) is 0 Å². The van der Waals surface area contributed by atoms with Gasteiger partial charge in [-0.15, -0.1) is 5.10 Å². The third-order valence-corrected chi connectivity index (χ3v) is 4.50. The molecule has 0 aliphatic carbocycles. The van der Waals surface area contributed by atoms with Gasteiger partial charge < -0.3 is 15.5 Å². The molecule has 0 unspecified atom stereocenters. The van der Waals surface area contributed by atoms with Gasteiger partial charge in [0.15, 0.2) is 11.5 Å². The van der Waals surface area contributed by atoms with Crippen molar-refractivity contribution >= 4 is 5.91 Å². The molecule has 146 valence electrons. The summed E-state index contributed by atoms with van der Waals surface area (Å²) in [5.74, 6) is 0.0294. The molecule has 3 rings (SSSR count). The molecule has 1 aromatic heterocycles. The fourth-order valence-electron chi connectivity index (χ4n) is 3.09. The number of nitrogens with one attached hydrogen (secondary N) is 1. The maximum absolute atomic E-state index is 13.0. The number of benzene rings is 2. The number of phenols is 2. The predicted molar refractivity (Wildman–Crippen MR) is 103 cm³/mol. The number of rotatable bonds is 7. The van der Waals surface area contributed by atoms with Crippen LogP contribution in [0, 0.1) is 6.92 Å². The van der Waals surface area contributed by atoms with Crippen LogP contribution < -0.4 is 5.32 Å². The lowest BCUT2D eigenvalue weighted by atomic mass is 10.0. The number of phenolic OH excluding ortho intramolecular Hbond substituents is 2. The summed E-state index contributed by atoms with van der Waals surface area (Å²) in [6.45, 7) is 3.64. The topological polar surface area (TPSA) is 113 Å². The number of nitrogens with zero attached hydrogens (tertiary/aromatic N) is 4. The van der Waals surface area contributed by atoms with Crippen LogP contribution in [0.25, 0.3) is 0 Å². The number of aromatic hydroxyl groups is 2. The highest BCUT2D eigenvalue weighted by molar-refractivity contribution is 5.80. The number of carbonyl (C=O) groups is 1. The number of tetrazole rings is 1. The van der Waals surface area contributed by atoms with Gasteiger partial charge >= 0.3 is 0 Å². The zero-order valence-corrected chi connectivity index (χ0v) is 15.8. The van der Waals surface area contributed by atoms with Gasteiger partial charge in [0.25, 0.3) is 0 Å². The summed E-state index contributed by atoms with van der Waals surface area (Å²) in [6.07, 6.45) is 0.970. The molecule has 1 amide bonds. The molecule has 8 heteroatoms. The average Bonchev–Trinajstić information content (AvgIpc) is 3.09. The van der Waals surface area contributed by atoms with E-state index in [1.54, 1.807) is 13.0 Å². The van der Waals surface area contributed by atoms with Crippen LogP contribution in [0.5, 0.6) is 11.5 Å². The molecule has 3 N–H and O–H groups in total. The normalized spacial score (nSPS) is 13.1. The molecule has 8 nitrogen and oxygen atoms in total. The van der Waals surface area contributed by atoms with Crippen LogP contribution in [0.15, 0.2) is 48.5 Å². The first-order valence-electron chi connectivity index (χ1n) is 9.03. The fraction of sp³-hybridized carbons (Fsp3) is 0.300. The van der Waals surface area contributed by atoms with Crippen molar-refractivity contribution in [1.82, 2.24) is 25.5 Å². The van der Waals surface area contributed by atoms with E-state index in [-0.39, 0.29) is 23.4 Å². The highest BCUT2D eigenvalue weighted by atomic mass is 16.3. The monoisotopic (exact) mass is 381 g/mol. The second-order valence-corrected chi connectivity index (χ2v) is 6.81. The van der Waals surface area contributed by atoms with Crippen LogP contribution in [0.3, 0.4) is 0 Å². The zero-order valence-electron chi connectivity index (χ0n) is 15.8. The summed E-state index contributed by atoms with van der Waals surface area (Å²) in [4.78, 5) is 13.0. The fourth-order valence-corrected chi connectivity index (χ4v) is 3.09. The first-order chi connectivity index (χ1) is 13.4. The molecule has 3 aromatic rings. The summed E-state index contributed by atoms with van der Waals surface area (Å²) >= 11 is 0. The van der Waals surface area contributed by atoms with Crippen molar-refractivity contribution in [3.05, 3.63) is 65.5 Å². The highest BCUT2D eigenvalue weighted by Gasteiger charge is 2.25. The Morgan fingerprint density at radius 3 is 2.46 bits per heavy atom. The first-order valence-corrected chi connectivity index (χ1v) is 9.03. The lowest BCUT2D eigenvalue weighted by Gasteiger charge is -2.21. The number of carbonyl (C=O) groups excluding carboxylic acids is 1. The largest absolute Gasteiger partial charge is 0.504 e. The van der Waals surface area contributed by atoms with Gasteiger partial charge in [-0.05, 0) is 54.0 Å². The predicted octanol–water partition coefficient (Wildman–Crippen LogP) is 1.92. The van der Waals surface area contributed by atoms with E-state index in [1.165, 1.54) is 16.8 Å². The molecule has 0 spiro atoms. The lowest BCUT2D eigenvalue weighted by molar-refractivity contribution is -0.125. The van der Waals surface area contributed by atoms with Gasteiger partial charge in [-0.1, -0.05) is 36.4 Å². The Labute approximate surface area is 162 Å². The minimum atomic E-state index is -0.576. The van der Waals surface area contributed by atoms with Crippen molar-refractivity contribution in [3.8, 4) is 11.5 Å². The summed E-state index contributed by atoms with van der Waals surface area (Å²) < 4.78 is 1.53. The Morgan fingerprint density at radius 1 is 1.07 bits per heavy atom. The summed E-state index contributed by atoms with van der Waals surface area (Å²) in [6, 6.07) is 13.6. The van der Waals surface area contributed by atoms with Crippen molar-refractivity contribution in [3.63, 3.8) is 0 Å². The van der Waals surface area contributed by atoms with Gasteiger partial charge in [-0.3, -0.25) is 4.79 Å². The number of aromatic nitrogens is 4. The van der Waals surface area contributed by atoms with Crippen LogP contribution >= 0.6 is 0 Å². The number of hydrogen-bond acceptors (Lipinski definition) is 6. The number of aryl methyl sites for hydroxylation is 1. The van der Waals surface area contributed by atoms with Crippen LogP contribution in [-0.4, -0.2) is 42.4 Å². The molecule has 2 atom stereocenters. The molecule has 0 saturated heterocycles. The van der Waals surface area contributed by atoms with Crippen molar-refractivity contribution in [2.75, 3.05) is 0 Å². The molecule has 0 bridgehead atoms. The number of amides is 1. The van der Waals surface area contributed by atoms with Crippen molar-refractivity contribution < 1.29 is 15.0 Å². The molecule has 1 heterocycles. The maximum atomic E-state index is 13.0. The Bertz CT molecular complexity index is 942. The average molecular weight is 381 g/mol. The maximum Gasteiger partial charge on any atom is 0.245 e. The van der Waals surface area contributed by atoms with Gasteiger partial charge in [-0.25, -0.2) is 4.68 Å². The molecule has 0 radical (unpaired) electrons. The summed E-state index contributed by atoms with van der Waals surface area (Å²) in [5.41, 5.74) is 1.81. The zero-order chi connectivity index (χ0) is 20.1. The molecular weight excluding hydrogens is 358 g/mol. The molecule has 0 aliphatic heterocycles. The smallest absolute Gasteiger partial charge is 0.245 e. The van der Waals surface area contributed by atoms with Crippen LogP contribution in [0.2, 0.25) is 0 Å². The minimum absolute atomic E-state index is 0.169. The third-order valence-electron chi connectivity index (χ3n) is 4.50. The SMILES string of the molecule is Cc1nnnn1[C@@H](Cc1ccccc1)C(=O)N[C@H](C)Cc1ccc(O)c(O)c1. The molecule has 28 heavy (non-hydrogen) atoms. The van der Waals surface area contributed by atoms with E-state index in [0.29, 0.717) is 18.7 Å². The second kappa shape index (κ2) is 8.51. The first kappa shape index (κ1) is 19.3. The second-order valence-electron chi connectivity index (χ2n) is 6.81. The minimum Gasteiger partial charge on any atom is -0.504 e. The lowest BCUT2D eigenvalue weighted by Crippen LogP contribution is -2.40. The Morgan fingerprint density at radius 2 is 1.82 bits per heavy atom. The van der Waals surface area contributed by atoms with E-state index in [2.05, 4.69) is 20.8 Å². The van der Waals surface area contributed by atoms with E-state index in [1.807, 2.05) is 37.3 Å². The van der Waals surface area contributed by atoms with Crippen molar-refractivity contribution in [2.45, 2.75) is 38.8 Å². The van der Waals surface area contributed by atoms with Gasteiger partial charge in [0, 0.05) is 12.5 Å². The quantitative estimate of drug-likeness (QED) is 0.539. The van der Waals surface area contributed by atoms with Crippen molar-refractivity contribution in [2.24, 2.45) is 0 Å².